The fourth-order valence-electron chi connectivity index (χ4n) is 1.49. The standard InChI is InChI=1S/C12H22N2O3S2/c1-3-5-13-9-11-8-12(10-18-11)19(15,16)14-6-4-7-17-2/h8,10,13-14H,3-7,9H2,1-2H3. The fraction of sp³-hybridized carbons (Fsp3) is 0.667. The van der Waals surface area contributed by atoms with Crippen LogP contribution in [-0.4, -0.2) is 35.2 Å². The van der Waals surface area contributed by atoms with Gasteiger partial charge in [-0.05, 0) is 25.5 Å². The lowest BCUT2D eigenvalue weighted by atomic mass is 10.4. The minimum atomic E-state index is -3.37. The van der Waals surface area contributed by atoms with Gasteiger partial charge in [0.1, 0.15) is 0 Å². The van der Waals surface area contributed by atoms with Gasteiger partial charge in [-0.3, -0.25) is 0 Å². The molecular weight excluding hydrogens is 284 g/mol. The van der Waals surface area contributed by atoms with Crippen LogP contribution in [0.3, 0.4) is 0 Å². The van der Waals surface area contributed by atoms with Crippen molar-refractivity contribution in [2.75, 3.05) is 26.8 Å². The predicted molar refractivity (Wildman–Crippen MR) is 78.0 cm³/mol. The molecule has 7 heteroatoms. The number of methoxy groups -OCH3 is 1. The summed E-state index contributed by atoms with van der Waals surface area (Å²) in [5.41, 5.74) is 0. The van der Waals surface area contributed by atoms with Gasteiger partial charge in [-0.25, -0.2) is 13.1 Å². The van der Waals surface area contributed by atoms with E-state index in [1.54, 1.807) is 18.6 Å². The van der Waals surface area contributed by atoms with Crippen molar-refractivity contribution in [2.24, 2.45) is 0 Å². The Morgan fingerprint density at radius 2 is 2.16 bits per heavy atom. The normalized spacial score (nSPS) is 11.9. The highest BCUT2D eigenvalue weighted by Crippen LogP contribution is 2.18. The molecule has 1 rings (SSSR count). The van der Waals surface area contributed by atoms with Crippen molar-refractivity contribution < 1.29 is 13.2 Å². The lowest BCUT2D eigenvalue weighted by Crippen LogP contribution is -2.25. The van der Waals surface area contributed by atoms with Crippen LogP contribution in [-0.2, 0) is 21.3 Å². The first-order valence-corrected chi connectivity index (χ1v) is 8.73. The Kier molecular flexibility index (Phi) is 7.55. The van der Waals surface area contributed by atoms with Gasteiger partial charge in [-0.2, -0.15) is 0 Å². The number of thiophene rings is 1. The Bertz CT molecular complexity index is 457. The molecule has 0 aliphatic rings. The Hall–Kier alpha value is -0.470. The van der Waals surface area contributed by atoms with Crippen LogP contribution in [0.2, 0.25) is 0 Å². The molecule has 0 unspecified atom stereocenters. The number of ether oxygens (including phenoxy) is 1. The summed E-state index contributed by atoms with van der Waals surface area (Å²) in [6.07, 6.45) is 1.74. The van der Waals surface area contributed by atoms with E-state index in [2.05, 4.69) is 17.0 Å². The molecule has 1 heterocycles. The maximum atomic E-state index is 12.0. The molecule has 0 saturated carbocycles. The van der Waals surface area contributed by atoms with Gasteiger partial charge in [-0.1, -0.05) is 6.92 Å². The highest BCUT2D eigenvalue weighted by atomic mass is 32.2. The lowest BCUT2D eigenvalue weighted by Gasteiger charge is -2.04. The maximum Gasteiger partial charge on any atom is 0.241 e. The number of hydrogen-bond acceptors (Lipinski definition) is 5. The molecule has 19 heavy (non-hydrogen) atoms. The van der Waals surface area contributed by atoms with Gasteiger partial charge in [0.25, 0.3) is 0 Å². The molecule has 0 atom stereocenters. The van der Waals surface area contributed by atoms with Crippen LogP contribution in [0.4, 0.5) is 0 Å². The van der Waals surface area contributed by atoms with Gasteiger partial charge in [0.2, 0.25) is 10.0 Å². The molecule has 5 nitrogen and oxygen atoms in total. The van der Waals surface area contributed by atoms with Crippen LogP contribution in [0.5, 0.6) is 0 Å². The highest BCUT2D eigenvalue weighted by Gasteiger charge is 2.15. The minimum absolute atomic E-state index is 0.350. The summed E-state index contributed by atoms with van der Waals surface area (Å²) in [5.74, 6) is 0. The second-order valence-electron chi connectivity index (χ2n) is 4.17. The molecule has 0 amide bonds. The number of sulfonamides is 1. The lowest BCUT2D eigenvalue weighted by molar-refractivity contribution is 0.196. The van der Waals surface area contributed by atoms with Gasteiger partial charge in [0, 0.05) is 37.1 Å². The summed E-state index contributed by atoms with van der Waals surface area (Å²) in [6, 6.07) is 1.73. The van der Waals surface area contributed by atoms with Crippen molar-refractivity contribution in [2.45, 2.75) is 31.2 Å². The maximum absolute atomic E-state index is 12.0. The predicted octanol–water partition coefficient (Wildman–Crippen LogP) is 1.56. The summed E-state index contributed by atoms with van der Waals surface area (Å²) < 4.78 is 31.4. The summed E-state index contributed by atoms with van der Waals surface area (Å²) in [7, 11) is -1.77. The van der Waals surface area contributed by atoms with Crippen LogP contribution in [0.1, 0.15) is 24.6 Å². The number of nitrogens with one attached hydrogen (secondary N) is 2. The zero-order chi connectivity index (χ0) is 14.1. The van der Waals surface area contributed by atoms with Crippen LogP contribution >= 0.6 is 11.3 Å². The van der Waals surface area contributed by atoms with Gasteiger partial charge in [-0.15, -0.1) is 11.3 Å². The Labute approximate surface area is 119 Å². The minimum Gasteiger partial charge on any atom is -0.385 e. The monoisotopic (exact) mass is 306 g/mol. The molecule has 0 saturated heterocycles. The van der Waals surface area contributed by atoms with Gasteiger partial charge in [0.15, 0.2) is 0 Å². The largest absolute Gasteiger partial charge is 0.385 e. The Morgan fingerprint density at radius 3 is 2.84 bits per heavy atom. The third-order valence-corrected chi connectivity index (χ3v) is 5.01. The molecule has 1 aromatic heterocycles. The first-order chi connectivity index (χ1) is 9.10. The SMILES string of the molecule is CCCNCc1cc(S(=O)(=O)NCCCOC)cs1. The zero-order valence-corrected chi connectivity index (χ0v) is 13.1. The van der Waals surface area contributed by atoms with Crippen molar-refractivity contribution in [3.63, 3.8) is 0 Å². The van der Waals surface area contributed by atoms with E-state index >= 15 is 0 Å². The van der Waals surface area contributed by atoms with E-state index in [9.17, 15) is 8.42 Å². The quantitative estimate of drug-likeness (QED) is 0.644. The van der Waals surface area contributed by atoms with Gasteiger partial charge >= 0.3 is 0 Å². The molecule has 0 fully saturated rings. The third kappa shape index (κ3) is 6.01. The van der Waals surface area contributed by atoms with E-state index in [-0.39, 0.29) is 0 Å². The van der Waals surface area contributed by atoms with Crippen LogP contribution in [0.25, 0.3) is 0 Å². The van der Waals surface area contributed by atoms with Crippen molar-refractivity contribution >= 4 is 21.4 Å². The average molecular weight is 306 g/mol. The van der Waals surface area contributed by atoms with Crippen molar-refractivity contribution in [3.05, 3.63) is 16.3 Å². The van der Waals surface area contributed by atoms with Crippen LogP contribution < -0.4 is 10.0 Å². The average Bonchev–Trinajstić information content (AvgIpc) is 2.85. The van der Waals surface area contributed by atoms with E-state index in [0.29, 0.717) is 24.5 Å². The second-order valence-corrected chi connectivity index (χ2v) is 6.93. The highest BCUT2D eigenvalue weighted by molar-refractivity contribution is 7.89. The summed E-state index contributed by atoms with van der Waals surface area (Å²) in [5, 5.41) is 4.94. The fourth-order valence-corrected chi connectivity index (χ4v) is 3.81. The van der Waals surface area contributed by atoms with E-state index in [1.807, 2.05) is 0 Å². The topological polar surface area (TPSA) is 67.4 Å². The van der Waals surface area contributed by atoms with Crippen molar-refractivity contribution in [1.29, 1.82) is 0 Å². The van der Waals surface area contributed by atoms with E-state index in [0.717, 1.165) is 24.4 Å². The van der Waals surface area contributed by atoms with E-state index in [1.165, 1.54) is 11.3 Å². The van der Waals surface area contributed by atoms with Gasteiger partial charge < -0.3 is 10.1 Å². The van der Waals surface area contributed by atoms with Crippen LogP contribution in [0.15, 0.2) is 16.3 Å². The summed E-state index contributed by atoms with van der Waals surface area (Å²) in [6.45, 7) is 4.71. The second kappa shape index (κ2) is 8.65. The smallest absolute Gasteiger partial charge is 0.241 e. The molecule has 0 radical (unpaired) electrons. The third-order valence-electron chi connectivity index (χ3n) is 2.48. The Morgan fingerprint density at radius 1 is 1.37 bits per heavy atom. The summed E-state index contributed by atoms with van der Waals surface area (Å²) >= 11 is 1.46. The molecule has 0 bridgehead atoms. The van der Waals surface area contributed by atoms with E-state index in [4.69, 9.17) is 4.74 Å². The molecule has 0 aromatic carbocycles. The van der Waals surface area contributed by atoms with Crippen molar-refractivity contribution in [3.8, 4) is 0 Å². The molecular formula is C12H22N2O3S2. The van der Waals surface area contributed by atoms with Crippen molar-refractivity contribution in [1.82, 2.24) is 10.0 Å². The van der Waals surface area contributed by atoms with Gasteiger partial charge in [0.05, 0.1) is 4.90 Å². The van der Waals surface area contributed by atoms with Crippen LogP contribution in [0, 0.1) is 0 Å². The molecule has 1 aromatic rings. The Balaban J connectivity index is 2.49. The number of hydrogen-bond donors (Lipinski definition) is 2. The number of rotatable bonds is 10. The summed E-state index contributed by atoms with van der Waals surface area (Å²) in [4.78, 5) is 1.38. The van der Waals surface area contributed by atoms with E-state index < -0.39 is 10.0 Å². The first-order valence-electron chi connectivity index (χ1n) is 6.37. The first kappa shape index (κ1) is 16.6. The zero-order valence-electron chi connectivity index (χ0n) is 11.4. The molecule has 0 aliphatic heterocycles. The molecule has 0 aliphatic carbocycles. The molecule has 110 valence electrons. The molecule has 2 N–H and O–H groups in total. The molecule has 0 spiro atoms.